The molecule has 4 nitrogen and oxygen atoms in total. The minimum Gasteiger partial charge on any atom is -0.397 e. The SMILES string of the molecule is Nc1cc(NCc2cccc(S(=O)(=O)F)c2)ccc1Cl. The first-order chi connectivity index (χ1) is 9.36. The molecule has 0 aliphatic rings. The van der Waals surface area contributed by atoms with E-state index in [1.54, 1.807) is 24.3 Å². The van der Waals surface area contributed by atoms with Crippen LogP contribution in [0.4, 0.5) is 15.3 Å². The van der Waals surface area contributed by atoms with Crippen LogP contribution in [-0.4, -0.2) is 8.42 Å². The zero-order valence-corrected chi connectivity index (χ0v) is 11.9. The van der Waals surface area contributed by atoms with Crippen molar-refractivity contribution in [1.82, 2.24) is 0 Å². The Hall–Kier alpha value is -1.79. The van der Waals surface area contributed by atoms with Crippen LogP contribution >= 0.6 is 11.6 Å². The van der Waals surface area contributed by atoms with Gasteiger partial charge in [-0.2, -0.15) is 8.42 Å². The maximum Gasteiger partial charge on any atom is 0.332 e. The first-order valence-corrected chi connectivity index (χ1v) is 7.45. The number of anilines is 2. The Morgan fingerprint density at radius 3 is 2.60 bits per heavy atom. The zero-order chi connectivity index (χ0) is 14.8. The van der Waals surface area contributed by atoms with Crippen LogP contribution in [0.1, 0.15) is 5.56 Å². The van der Waals surface area contributed by atoms with E-state index < -0.39 is 10.2 Å². The average Bonchev–Trinajstić information content (AvgIpc) is 2.39. The first-order valence-electron chi connectivity index (χ1n) is 5.69. The molecule has 0 saturated carbocycles. The van der Waals surface area contributed by atoms with Crippen LogP contribution in [0.2, 0.25) is 5.02 Å². The molecule has 0 amide bonds. The zero-order valence-electron chi connectivity index (χ0n) is 10.3. The monoisotopic (exact) mass is 314 g/mol. The Balaban J connectivity index is 2.13. The lowest BCUT2D eigenvalue weighted by Crippen LogP contribution is -2.01. The standard InChI is InChI=1S/C13H12ClFN2O2S/c14-12-5-4-10(7-13(12)16)17-8-9-2-1-3-11(6-9)20(15,18)19/h1-7,17H,8,16H2. The Morgan fingerprint density at radius 2 is 1.95 bits per heavy atom. The molecular formula is C13H12ClFN2O2S. The maximum absolute atomic E-state index is 12.9. The third-order valence-electron chi connectivity index (χ3n) is 2.67. The first kappa shape index (κ1) is 14.6. The molecule has 0 atom stereocenters. The fourth-order valence-corrected chi connectivity index (χ4v) is 2.32. The second kappa shape index (κ2) is 5.68. The third kappa shape index (κ3) is 3.61. The minimum absolute atomic E-state index is 0.338. The van der Waals surface area contributed by atoms with E-state index in [9.17, 15) is 12.3 Å². The Labute approximate surface area is 121 Å². The number of nitrogens with one attached hydrogen (secondary N) is 1. The molecule has 20 heavy (non-hydrogen) atoms. The molecule has 0 heterocycles. The van der Waals surface area contributed by atoms with Gasteiger partial charge in [-0.1, -0.05) is 23.7 Å². The summed E-state index contributed by atoms with van der Waals surface area (Å²) in [5.74, 6) is 0. The van der Waals surface area contributed by atoms with E-state index in [4.69, 9.17) is 17.3 Å². The smallest absolute Gasteiger partial charge is 0.332 e. The molecular weight excluding hydrogens is 303 g/mol. The maximum atomic E-state index is 12.9. The highest BCUT2D eigenvalue weighted by atomic mass is 35.5. The van der Waals surface area contributed by atoms with Crippen LogP contribution in [0.5, 0.6) is 0 Å². The molecule has 106 valence electrons. The van der Waals surface area contributed by atoms with Gasteiger partial charge >= 0.3 is 10.2 Å². The molecule has 0 unspecified atom stereocenters. The molecule has 7 heteroatoms. The summed E-state index contributed by atoms with van der Waals surface area (Å²) < 4.78 is 34.5. The van der Waals surface area contributed by atoms with Gasteiger partial charge in [-0.15, -0.1) is 3.89 Å². The minimum atomic E-state index is -4.69. The lowest BCUT2D eigenvalue weighted by Gasteiger charge is -2.08. The van der Waals surface area contributed by atoms with Gasteiger partial charge in [-0.05, 0) is 35.9 Å². The van der Waals surface area contributed by atoms with Crippen molar-refractivity contribution in [2.24, 2.45) is 0 Å². The van der Waals surface area contributed by atoms with E-state index in [0.29, 0.717) is 22.8 Å². The van der Waals surface area contributed by atoms with Crippen molar-refractivity contribution >= 4 is 33.2 Å². The van der Waals surface area contributed by atoms with E-state index in [1.165, 1.54) is 18.2 Å². The summed E-state index contributed by atoms with van der Waals surface area (Å²) >= 11 is 5.81. The van der Waals surface area contributed by atoms with Gasteiger partial charge in [0.15, 0.2) is 0 Å². The molecule has 0 bridgehead atoms. The highest BCUT2D eigenvalue weighted by Gasteiger charge is 2.11. The van der Waals surface area contributed by atoms with Gasteiger partial charge < -0.3 is 11.1 Å². The van der Waals surface area contributed by atoms with Crippen molar-refractivity contribution < 1.29 is 12.3 Å². The summed E-state index contributed by atoms with van der Waals surface area (Å²) in [6.45, 7) is 0.338. The second-order valence-corrected chi connectivity index (χ2v) is 5.93. The van der Waals surface area contributed by atoms with E-state index in [2.05, 4.69) is 5.32 Å². The lowest BCUT2D eigenvalue weighted by molar-refractivity contribution is 0.552. The van der Waals surface area contributed by atoms with Crippen LogP contribution < -0.4 is 11.1 Å². The molecule has 0 radical (unpaired) electrons. The quantitative estimate of drug-likeness (QED) is 0.671. The number of benzene rings is 2. The number of nitrogens with two attached hydrogens (primary N) is 1. The van der Waals surface area contributed by atoms with Crippen LogP contribution in [0.25, 0.3) is 0 Å². The van der Waals surface area contributed by atoms with Gasteiger partial charge in [-0.3, -0.25) is 0 Å². The fourth-order valence-electron chi connectivity index (χ4n) is 1.66. The predicted molar refractivity (Wildman–Crippen MR) is 77.9 cm³/mol. The van der Waals surface area contributed by atoms with E-state index in [-0.39, 0.29) is 4.90 Å². The molecule has 3 N–H and O–H groups in total. The lowest BCUT2D eigenvalue weighted by atomic mass is 10.2. The number of rotatable bonds is 4. The summed E-state index contributed by atoms with van der Waals surface area (Å²) in [5.41, 5.74) is 7.48. The van der Waals surface area contributed by atoms with Gasteiger partial charge in [0.1, 0.15) is 0 Å². The average molecular weight is 315 g/mol. The van der Waals surface area contributed by atoms with E-state index >= 15 is 0 Å². The normalized spacial score (nSPS) is 11.3. The van der Waals surface area contributed by atoms with Gasteiger partial charge in [-0.25, -0.2) is 0 Å². The topological polar surface area (TPSA) is 72.2 Å². The molecule has 0 fully saturated rings. The molecule has 0 aromatic heterocycles. The number of nitrogen functional groups attached to an aromatic ring is 1. The van der Waals surface area contributed by atoms with Crippen LogP contribution in [0.3, 0.4) is 0 Å². The van der Waals surface area contributed by atoms with Crippen molar-refractivity contribution in [2.75, 3.05) is 11.1 Å². The predicted octanol–water partition coefficient (Wildman–Crippen LogP) is 3.19. The molecule has 2 aromatic rings. The third-order valence-corrected chi connectivity index (χ3v) is 3.83. The number of hydrogen-bond acceptors (Lipinski definition) is 4. The highest BCUT2D eigenvalue weighted by Crippen LogP contribution is 2.23. The highest BCUT2D eigenvalue weighted by molar-refractivity contribution is 7.86. The van der Waals surface area contributed by atoms with Crippen LogP contribution in [-0.2, 0) is 16.8 Å². The summed E-state index contributed by atoms with van der Waals surface area (Å²) in [6, 6.07) is 10.7. The summed E-state index contributed by atoms with van der Waals surface area (Å²) in [7, 11) is -4.69. The van der Waals surface area contributed by atoms with E-state index in [1.807, 2.05) is 0 Å². The number of hydrogen-bond donors (Lipinski definition) is 2. The summed E-state index contributed by atoms with van der Waals surface area (Å²) in [4.78, 5) is -0.354. The second-order valence-electron chi connectivity index (χ2n) is 4.18. The molecule has 0 aliphatic carbocycles. The van der Waals surface area contributed by atoms with Gasteiger partial charge in [0, 0.05) is 12.2 Å². The van der Waals surface area contributed by atoms with Gasteiger partial charge in [0.05, 0.1) is 15.6 Å². The van der Waals surface area contributed by atoms with Crippen LogP contribution in [0.15, 0.2) is 47.4 Å². The fraction of sp³-hybridized carbons (Fsp3) is 0.0769. The van der Waals surface area contributed by atoms with Crippen molar-refractivity contribution in [3.05, 3.63) is 53.1 Å². The Bertz CT molecular complexity index is 735. The van der Waals surface area contributed by atoms with Crippen molar-refractivity contribution in [3.63, 3.8) is 0 Å². The van der Waals surface area contributed by atoms with Crippen molar-refractivity contribution in [1.29, 1.82) is 0 Å². The van der Waals surface area contributed by atoms with Crippen molar-refractivity contribution in [2.45, 2.75) is 11.4 Å². The van der Waals surface area contributed by atoms with Gasteiger partial charge in [0.25, 0.3) is 0 Å². The molecule has 0 saturated heterocycles. The van der Waals surface area contributed by atoms with Crippen molar-refractivity contribution in [3.8, 4) is 0 Å². The Kier molecular flexibility index (Phi) is 4.15. The molecule has 2 rings (SSSR count). The summed E-state index contributed by atoms with van der Waals surface area (Å²) in [6.07, 6.45) is 0. The van der Waals surface area contributed by atoms with Gasteiger partial charge in [0.2, 0.25) is 0 Å². The largest absolute Gasteiger partial charge is 0.397 e. The summed E-state index contributed by atoms with van der Waals surface area (Å²) in [5, 5.41) is 3.51. The molecule has 0 aliphatic heterocycles. The Morgan fingerprint density at radius 1 is 1.20 bits per heavy atom. The van der Waals surface area contributed by atoms with E-state index in [0.717, 1.165) is 5.69 Å². The molecule has 2 aromatic carbocycles. The number of halogens is 2. The van der Waals surface area contributed by atoms with Crippen LogP contribution in [0, 0.1) is 0 Å². The molecule has 0 spiro atoms.